The number of benzene rings is 2. The molecule has 26 heavy (non-hydrogen) atoms. The van der Waals surface area contributed by atoms with Crippen LogP contribution >= 0.6 is 11.6 Å². The first-order chi connectivity index (χ1) is 12.6. The normalized spacial score (nSPS) is 12.0. The SMILES string of the molecule is COc1cc(CC(N)c2ccco2)ccc1OCc1c(F)cccc1Cl. The number of methoxy groups -OCH3 is 1. The van der Waals surface area contributed by atoms with Gasteiger partial charge in [-0.25, -0.2) is 4.39 Å². The van der Waals surface area contributed by atoms with E-state index in [1.165, 1.54) is 6.07 Å². The van der Waals surface area contributed by atoms with E-state index in [-0.39, 0.29) is 12.6 Å². The Hall–Kier alpha value is -2.50. The molecule has 0 amide bonds. The van der Waals surface area contributed by atoms with Gasteiger partial charge in [0.05, 0.1) is 24.4 Å². The summed E-state index contributed by atoms with van der Waals surface area (Å²) in [6.45, 7) is 0.00707. The Morgan fingerprint density at radius 1 is 1.15 bits per heavy atom. The zero-order chi connectivity index (χ0) is 18.5. The fourth-order valence-corrected chi connectivity index (χ4v) is 2.85. The molecule has 1 heterocycles. The van der Waals surface area contributed by atoms with E-state index in [0.717, 1.165) is 11.3 Å². The maximum atomic E-state index is 13.9. The van der Waals surface area contributed by atoms with Crippen LogP contribution in [0, 0.1) is 5.82 Å². The van der Waals surface area contributed by atoms with E-state index in [9.17, 15) is 4.39 Å². The quantitative estimate of drug-likeness (QED) is 0.638. The smallest absolute Gasteiger partial charge is 0.161 e. The zero-order valence-corrected chi connectivity index (χ0v) is 15.0. The van der Waals surface area contributed by atoms with Crippen LogP contribution in [0.25, 0.3) is 0 Å². The molecular weight excluding hydrogens is 357 g/mol. The Balaban J connectivity index is 1.72. The summed E-state index contributed by atoms with van der Waals surface area (Å²) in [5.41, 5.74) is 7.43. The number of ether oxygens (including phenoxy) is 2. The molecule has 0 spiro atoms. The standard InChI is InChI=1S/C20H19ClFNO3/c1-24-20-11-13(10-17(23)18-6-3-9-25-18)7-8-19(20)26-12-14-15(21)4-2-5-16(14)22/h2-9,11,17H,10,12,23H2,1H3. The fourth-order valence-electron chi connectivity index (χ4n) is 2.64. The molecule has 0 aliphatic rings. The molecule has 6 heteroatoms. The third-order valence-corrected chi connectivity index (χ3v) is 4.38. The minimum Gasteiger partial charge on any atom is -0.493 e. The van der Waals surface area contributed by atoms with Gasteiger partial charge in [-0.3, -0.25) is 0 Å². The monoisotopic (exact) mass is 375 g/mol. The van der Waals surface area contributed by atoms with Gasteiger partial charge in [-0.1, -0.05) is 23.7 Å². The maximum absolute atomic E-state index is 13.9. The van der Waals surface area contributed by atoms with Crippen LogP contribution in [0.2, 0.25) is 5.02 Å². The molecule has 3 rings (SSSR count). The summed E-state index contributed by atoms with van der Waals surface area (Å²) in [6.07, 6.45) is 2.18. The van der Waals surface area contributed by atoms with Gasteiger partial charge in [-0.15, -0.1) is 0 Å². The van der Waals surface area contributed by atoms with Crippen molar-refractivity contribution in [2.45, 2.75) is 19.1 Å². The molecule has 0 fully saturated rings. The highest BCUT2D eigenvalue weighted by molar-refractivity contribution is 6.31. The molecule has 136 valence electrons. The zero-order valence-electron chi connectivity index (χ0n) is 14.2. The average Bonchev–Trinajstić information content (AvgIpc) is 3.17. The first kappa shape index (κ1) is 18.3. The number of hydrogen-bond donors (Lipinski definition) is 1. The van der Waals surface area contributed by atoms with E-state index in [0.29, 0.717) is 28.5 Å². The molecule has 0 bridgehead atoms. The van der Waals surface area contributed by atoms with E-state index >= 15 is 0 Å². The van der Waals surface area contributed by atoms with Crippen molar-refractivity contribution in [3.63, 3.8) is 0 Å². The lowest BCUT2D eigenvalue weighted by atomic mass is 10.0. The Morgan fingerprint density at radius 3 is 2.69 bits per heavy atom. The molecular formula is C20H19ClFNO3. The molecule has 2 aromatic carbocycles. The van der Waals surface area contributed by atoms with Crippen LogP contribution in [0.3, 0.4) is 0 Å². The topological polar surface area (TPSA) is 57.6 Å². The van der Waals surface area contributed by atoms with E-state index in [4.69, 9.17) is 31.2 Å². The summed E-state index contributed by atoms with van der Waals surface area (Å²) in [4.78, 5) is 0. The van der Waals surface area contributed by atoms with E-state index < -0.39 is 5.82 Å². The first-order valence-electron chi connectivity index (χ1n) is 8.10. The van der Waals surface area contributed by atoms with Crippen LogP contribution in [0.5, 0.6) is 11.5 Å². The molecule has 0 aliphatic carbocycles. The minimum atomic E-state index is -0.405. The van der Waals surface area contributed by atoms with Crippen LogP contribution < -0.4 is 15.2 Å². The highest BCUT2D eigenvalue weighted by Crippen LogP contribution is 2.31. The molecule has 4 nitrogen and oxygen atoms in total. The van der Waals surface area contributed by atoms with Gasteiger partial charge in [0, 0.05) is 5.56 Å². The summed E-state index contributed by atoms with van der Waals surface area (Å²) in [5, 5.41) is 0.324. The van der Waals surface area contributed by atoms with E-state index in [1.54, 1.807) is 37.6 Å². The molecule has 1 aromatic heterocycles. The number of rotatable bonds is 7. The maximum Gasteiger partial charge on any atom is 0.161 e. The van der Waals surface area contributed by atoms with Gasteiger partial charge < -0.3 is 19.6 Å². The van der Waals surface area contributed by atoms with Gasteiger partial charge in [0.15, 0.2) is 11.5 Å². The second kappa shape index (κ2) is 8.25. The summed E-state index contributed by atoms with van der Waals surface area (Å²) in [6, 6.07) is 13.4. The molecule has 0 radical (unpaired) electrons. The van der Waals surface area contributed by atoms with Crippen LogP contribution in [-0.4, -0.2) is 7.11 Å². The highest BCUT2D eigenvalue weighted by Gasteiger charge is 2.14. The lowest BCUT2D eigenvalue weighted by molar-refractivity contribution is 0.279. The van der Waals surface area contributed by atoms with Crippen molar-refractivity contribution >= 4 is 11.6 Å². The number of furan rings is 1. The average molecular weight is 376 g/mol. The predicted molar refractivity (Wildman–Crippen MR) is 98.1 cm³/mol. The number of halogens is 2. The van der Waals surface area contributed by atoms with Crippen molar-refractivity contribution in [1.29, 1.82) is 0 Å². The van der Waals surface area contributed by atoms with Crippen molar-refractivity contribution in [2.24, 2.45) is 5.73 Å². The highest BCUT2D eigenvalue weighted by atomic mass is 35.5. The molecule has 0 saturated heterocycles. The predicted octanol–water partition coefficient (Wildman–Crippen LogP) is 4.90. The molecule has 3 aromatic rings. The van der Waals surface area contributed by atoms with Gasteiger partial charge >= 0.3 is 0 Å². The number of nitrogens with two attached hydrogens (primary N) is 1. The van der Waals surface area contributed by atoms with Crippen molar-refractivity contribution in [2.75, 3.05) is 7.11 Å². The van der Waals surface area contributed by atoms with Crippen LogP contribution in [-0.2, 0) is 13.0 Å². The lowest BCUT2D eigenvalue weighted by Gasteiger charge is -2.14. The van der Waals surface area contributed by atoms with Crippen molar-refractivity contribution in [1.82, 2.24) is 0 Å². The largest absolute Gasteiger partial charge is 0.493 e. The second-order valence-corrected chi connectivity index (χ2v) is 6.21. The molecule has 2 N–H and O–H groups in total. The Morgan fingerprint density at radius 2 is 2.00 bits per heavy atom. The third kappa shape index (κ3) is 4.18. The van der Waals surface area contributed by atoms with Crippen LogP contribution in [0.15, 0.2) is 59.2 Å². The Labute approximate surface area is 156 Å². The lowest BCUT2D eigenvalue weighted by Crippen LogP contribution is -2.12. The van der Waals surface area contributed by atoms with Crippen molar-refractivity contribution < 1.29 is 18.3 Å². The minimum absolute atomic E-state index is 0.00707. The van der Waals surface area contributed by atoms with E-state index in [1.807, 2.05) is 18.2 Å². The van der Waals surface area contributed by atoms with Gasteiger partial charge in [0.25, 0.3) is 0 Å². The summed E-state index contributed by atoms with van der Waals surface area (Å²) < 4.78 is 30.3. The van der Waals surface area contributed by atoms with Crippen molar-refractivity contribution in [3.05, 3.63) is 82.5 Å². The Kier molecular flexibility index (Phi) is 5.81. The third-order valence-electron chi connectivity index (χ3n) is 4.03. The van der Waals surface area contributed by atoms with Gasteiger partial charge in [-0.2, -0.15) is 0 Å². The molecule has 1 atom stereocenters. The van der Waals surface area contributed by atoms with Crippen molar-refractivity contribution in [3.8, 4) is 11.5 Å². The summed E-state index contributed by atoms with van der Waals surface area (Å²) >= 11 is 6.03. The van der Waals surface area contributed by atoms with Gasteiger partial charge in [0.1, 0.15) is 18.2 Å². The summed E-state index contributed by atoms with van der Waals surface area (Å²) in [5.74, 6) is 1.36. The van der Waals surface area contributed by atoms with Gasteiger partial charge in [-0.05, 0) is 48.4 Å². The van der Waals surface area contributed by atoms with Crippen LogP contribution in [0.1, 0.15) is 22.9 Å². The second-order valence-electron chi connectivity index (χ2n) is 5.80. The molecule has 1 unspecified atom stereocenters. The summed E-state index contributed by atoms with van der Waals surface area (Å²) in [7, 11) is 1.55. The van der Waals surface area contributed by atoms with E-state index in [2.05, 4.69) is 0 Å². The van der Waals surface area contributed by atoms with Gasteiger partial charge in [0.2, 0.25) is 0 Å². The molecule has 0 saturated carbocycles. The Bertz CT molecular complexity index is 847. The number of hydrogen-bond acceptors (Lipinski definition) is 4. The molecule has 0 aliphatic heterocycles. The fraction of sp³-hybridized carbons (Fsp3) is 0.200. The van der Waals surface area contributed by atoms with Crippen LogP contribution in [0.4, 0.5) is 4.39 Å². The first-order valence-corrected chi connectivity index (χ1v) is 8.48.